The molecule has 0 amide bonds. The third-order valence-electron chi connectivity index (χ3n) is 4.76. The summed E-state index contributed by atoms with van der Waals surface area (Å²) in [6, 6.07) is 35.2. The maximum atomic E-state index is 12.1. The predicted molar refractivity (Wildman–Crippen MR) is 132 cm³/mol. The van der Waals surface area contributed by atoms with Crippen molar-refractivity contribution in [1.29, 1.82) is 0 Å². The van der Waals surface area contributed by atoms with Crippen molar-refractivity contribution in [2.75, 3.05) is 0 Å². The molecule has 0 radical (unpaired) electrons. The van der Waals surface area contributed by atoms with Gasteiger partial charge in [0.2, 0.25) is 0 Å². The fourth-order valence-corrected chi connectivity index (χ4v) is 6.20. The van der Waals surface area contributed by atoms with Crippen molar-refractivity contribution >= 4 is 41.4 Å². The van der Waals surface area contributed by atoms with Gasteiger partial charge in [0.1, 0.15) is 0 Å². The van der Waals surface area contributed by atoms with Gasteiger partial charge in [-0.2, -0.15) is 0 Å². The second-order valence-electron chi connectivity index (χ2n) is 6.54. The number of hydrogen-bond donors (Lipinski definition) is 0. The maximum absolute atomic E-state index is 12.1. The minimum absolute atomic E-state index is 0.729. The summed E-state index contributed by atoms with van der Waals surface area (Å²) >= 11 is 9.93. The Morgan fingerprint density at radius 3 is 1.14 bits per heavy atom. The van der Waals surface area contributed by atoms with Crippen molar-refractivity contribution in [3.05, 3.63) is 103 Å². The molecule has 29 heavy (non-hydrogen) atoms. The van der Waals surface area contributed by atoms with Crippen LogP contribution in [-0.2, 0) is 34.1 Å². The van der Waals surface area contributed by atoms with Crippen LogP contribution in [0.15, 0.2) is 103 Å². The summed E-state index contributed by atoms with van der Waals surface area (Å²) in [7, 11) is -0.925. The third-order valence-corrected chi connectivity index (χ3v) is 9.63. The van der Waals surface area contributed by atoms with Gasteiger partial charge in [0.15, 0.2) is 6.58 Å². The lowest BCUT2D eigenvalue weighted by Gasteiger charge is -2.07. The summed E-state index contributed by atoms with van der Waals surface area (Å²) in [4.78, 5) is 0. The summed E-state index contributed by atoms with van der Waals surface area (Å²) in [5.41, 5.74) is 6.99. The Kier molecular flexibility index (Phi) is 6.17. The van der Waals surface area contributed by atoms with Crippen LogP contribution in [-0.4, -0.2) is 0 Å². The lowest BCUT2D eigenvalue weighted by Crippen LogP contribution is -1.91. The molecule has 0 N–H and O–H groups in total. The van der Waals surface area contributed by atoms with E-state index in [-0.39, 0.29) is 0 Å². The second-order valence-corrected chi connectivity index (χ2v) is 14.2. The Bertz CT molecular complexity index is 1310. The first kappa shape index (κ1) is 19.9. The van der Waals surface area contributed by atoms with Crippen LogP contribution in [0.25, 0.3) is 33.4 Å². The zero-order valence-electron chi connectivity index (χ0n) is 15.4. The molecule has 4 rings (SSSR count). The molecule has 0 bridgehead atoms. The van der Waals surface area contributed by atoms with Crippen molar-refractivity contribution in [1.82, 2.24) is 0 Å². The molecule has 1 unspecified atom stereocenters. The van der Waals surface area contributed by atoms with Gasteiger partial charge in [-0.05, 0) is 75.1 Å². The SMILES string of the molecule is O=P(c1ccc(-c2ccc(-c3ccc(-c4ccccc4)cc3)cc2)cc1)=S(=S)=S. The zero-order chi connectivity index (χ0) is 20.2. The van der Waals surface area contributed by atoms with Gasteiger partial charge in [-0.15, -0.1) is 0 Å². The van der Waals surface area contributed by atoms with Gasteiger partial charge in [0.05, 0.1) is 0 Å². The van der Waals surface area contributed by atoms with E-state index in [9.17, 15) is 4.57 Å². The van der Waals surface area contributed by atoms with Crippen molar-refractivity contribution in [3.63, 3.8) is 0 Å². The molecule has 1 atom stereocenters. The summed E-state index contributed by atoms with van der Waals surface area (Å²) < 4.78 is 12.1. The summed E-state index contributed by atoms with van der Waals surface area (Å²) in [6.07, 6.45) is 0. The Morgan fingerprint density at radius 1 is 0.483 bits per heavy atom. The normalized spacial score (nSPS) is 11.1. The Morgan fingerprint density at radius 2 is 0.793 bits per heavy atom. The highest BCUT2D eigenvalue weighted by Crippen LogP contribution is 2.27. The predicted octanol–water partition coefficient (Wildman–Crippen LogP) is 6.60. The highest BCUT2D eigenvalue weighted by atomic mass is 33.2. The van der Waals surface area contributed by atoms with Crippen LogP contribution < -0.4 is 5.30 Å². The van der Waals surface area contributed by atoms with Crippen LogP contribution in [0.5, 0.6) is 0 Å². The van der Waals surface area contributed by atoms with Gasteiger partial charge in [-0.1, -0.05) is 91.0 Å². The first-order chi connectivity index (χ1) is 14.1. The van der Waals surface area contributed by atoms with E-state index in [2.05, 4.69) is 72.8 Å². The number of rotatable bonds is 4. The monoisotopic (exact) mass is 448 g/mol. The van der Waals surface area contributed by atoms with Crippen LogP contribution in [0.4, 0.5) is 0 Å². The van der Waals surface area contributed by atoms with E-state index in [1.54, 1.807) is 0 Å². The van der Waals surface area contributed by atoms with E-state index in [0.717, 1.165) is 16.4 Å². The van der Waals surface area contributed by atoms with Crippen LogP contribution >= 0.6 is 6.58 Å². The van der Waals surface area contributed by atoms with E-state index >= 15 is 0 Å². The molecule has 4 aromatic rings. The Hall–Kier alpha value is -2.36. The topological polar surface area (TPSA) is 17.1 Å². The molecule has 0 aliphatic carbocycles. The highest BCUT2D eigenvalue weighted by Gasteiger charge is 2.03. The molecular weight excluding hydrogens is 431 g/mol. The Balaban J connectivity index is 1.56. The summed E-state index contributed by atoms with van der Waals surface area (Å²) in [6.45, 7) is -1.66. The lowest BCUT2D eigenvalue weighted by atomic mass is 9.98. The molecule has 0 aliphatic rings. The zero-order valence-corrected chi connectivity index (χ0v) is 18.7. The Labute approximate surface area is 181 Å². The van der Waals surface area contributed by atoms with Crippen molar-refractivity contribution in [2.45, 2.75) is 0 Å². The van der Waals surface area contributed by atoms with Crippen molar-refractivity contribution in [2.24, 2.45) is 0 Å². The molecule has 0 saturated carbocycles. The van der Waals surface area contributed by atoms with E-state index in [0.29, 0.717) is 0 Å². The number of hydrogen-bond acceptors (Lipinski definition) is 3. The van der Waals surface area contributed by atoms with Gasteiger partial charge >= 0.3 is 0 Å². The molecular formula is C24H17OPS3. The second kappa shape index (κ2) is 8.98. The molecule has 142 valence electrons. The van der Waals surface area contributed by atoms with Crippen LogP contribution in [0.3, 0.4) is 0 Å². The molecule has 0 aliphatic heterocycles. The average molecular weight is 449 g/mol. The third kappa shape index (κ3) is 4.63. The van der Waals surface area contributed by atoms with E-state index in [1.165, 1.54) is 22.3 Å². The molecule has 0 spiro atoms. The fourth-order valence-electron chi connectivity index (χ4n) is 3.20. The highest BCUT2D eigenvalue weighted by molar-refractivity contribution is 8.57. The molecule has 0 heterocycles. The molecule has 0 saturated heterocycles. The minimum Gasteiger partial charge on any atom is -0.265 e. The fraction of sp³-hybridized carbons (Fsp3) is 0. The number of benzene rings is 4. The van der Waals surface area contributed by atoms with E-state index in [4.69, 9.17) is 22.4 Å². The van der Waals surface area contributed by atoms with Crippen LogP contribution in [0.1, 0.15) is 0 Å². The van der Waals surface area contributed by atoms with Gasteiger partial charge in [-0.3, -0.25) is 4.57 Å². The van der Waals surface area contributed by atoms with Gasteiger partial charge < -0.3 is 0 Å². The lowest BCUT2D eigenvalue weighted by molar-refractivity contribution is 0.602. The quantitative estimate of drug-likeness (QED) is 0.328. The molecule has 1 nitrogen and oxygen atoms in total. The first-order valence-corrected chi connectivity index (χ1v) is 14.0. The maximum Gasteiger partial charge on any atom is 0.198 e. The minimum atomic E-state index is -1.66. The van der Waals surface area contributed by atoms with Crippen molar-refractivity contribution < 1.29 is 4.57 Å². The smallest absolute Gasteiger partial charge is 0.198 e. The van der Waals surface area contributed by atoms with E-state index < -0.39 is 13.8 Å². The van der Waals surface area contributed by atoms with Crippen molar-refractivity contribution in [3.8, 4) is 33.4 Å². The molecule has 5 heteroatoms. The average Bonchev–Trinajstić information content (AvgIpc) is 2.79. The first-order valence-electron chi connectivity index (χ1n) is 9.05. The molecule has 0 fully saturated rings. The molecule has 0 aromatic heterocycles. The van der Waals surface area contributed by atoms with Crippen LogP contribution in [0.2, 0.25) is 0 Å². The van der Waals surface area contributed by atoms with Gasteiger partial charge in [0, 0.05) is 5.30 Å². The largest absolute Gasteiger partial charge is 0.265 e. The standard InChI is InChI=1S/C24H17OPS3/c25-26(29(27)28)24-16-14-23(15-17-24)22-12-10-21(11-13-22)20-8-6-19(7-9-20)18-4-2-1-3-5-18/h1-17H. The van der Waals surface area contributed by atoms with Gasteiger partial charge in [-0.25, -0.2) is 0 Å². The summed E-state index contributed by atoms with van der Waals surface area (Å²) in [5.74, 6) is 0. The summed E-state index contributed by atoms with van der Waals surface area (Å²) in [5, 5.41) is 0.729. The van der Waals surface area contributed by atoms with Crippen LogP contribution in [0, 0.1) is 0 Å². The van der Waals surface area contributed by atoms with Gasteiger partial charge in [0.25, 0.3) is 0 Å². The molecule has 4 aromatic carbocycles. The van der Waals surface area contributed by atoms with E-state index in [1.807, 2.05) is 30.3 Å².